The number of carbonyl (C=O) groups excluding carboxylic acids is 3. The highest BCUT2D eigenvalue weighted by molar-refractivity contribution is 6.30. The molecule has 1 fully saturated rings. The number of aliphatic hydroxyl groups excluding tert-OH is 4. The molecule has 5 atom stereocenters. The van der Waals surface area contributed by atoms with Crippen LogP contribution < -0.4 is 9.47 Å². The van der Waals surface area contributed by atoms with Crippen LogP contribution in [0.5, 0.6) is 17.2 Å². The fraction of sp³-hybridized carbons (Fsp3) is 0.314. The number of aromatic hydroxyl groups is 1. The van der Waals surface area contributed by atoms with Crippen molar-refractivity contribution in [2.45, 2.75) is 64.0 Å². The van der Waals surface area contributed by atoms with Crippen molar-refractivity contribution in [2.75, 3.05) is 6.54 Å². The molecule has 2 heterocycles. The second kappa shape index (κ2) is 12.8. The number of fused-ring (bicyclic) bond motifs is 2. The van der Waals surface area contributed by atoms with Gasteiger partial charge in [-0.2, -0.15) is 0 Å². The van der Waals surface area contributed by atoms with Crippen LogP contribution in [0, 0.1) is 0 Å². The van der Waals surface area contributed by atoms with Gasteiger partial charge in [0.1, 0.15) is 35.6 Å². The summed E-state index contributed by atoms with van der Waals surface area (Å²) >= 11 is 0. The number of carbonyl (C=O) groups is 3. The van der Waals surface area contributed by atoms with Crippen molar-refractivity contribution in [3.63, 3.8) is 0 Å². The maximum Gasteiger partial charge on any atom is 0.308 e. The summed E-state index contributed by atoms with van der Waals surface area (Å²) in [7, 11) is 0. The molecule has 12 heteroatoms. The Hall–Kier alpha value is -4.72. The maximum absolute atomic E-state index is 14.4. The SMILES string of the molecule is CC(=O)Oc1ccc2c(c1)C(=O)c1c(CC3=CCN=C3)c(O[C@H]3O[C@H](C)[C@@H](O)[C@@H](O)[C@H]3O)c(Cc3cccc(CO)c3)c(O)c1C2=O. The molecule has 0 bridgehead atoms. The van der Waals surface area contributed by atoms with Crippen LogP contribution in [0.25, 0.3) is 0 Å². The molecule has 1 aliphatic carbocycles. The Kier molecular flexibility index (Phi) is 8.79. The smallest absolute Gasteiger partial charge is 0.308 e. The molecule has 3 aromatic carbocycles. The standard InChI is InChI=1S/C35H33NO11/c1-16-28(39)32(43)33(44)35(45-16)47-34-24(12-19-8-9-36-14-19)26-27(31(42)25(34)11-18-4-3-5-20(10-18)15-37)29(40)22-7-6-21(46-17(2)38)13-23(22)30(26)41/h3-8,10,13-14,16,28,32-33,35,37,39,42-44H,9,11-12,15H2,1-2H3/t16-,28-,32-,33-,35-/m1/s1. The number of nitrogens with zero attached hydrogens (tertiary/aromatic N) is 1. The highest BCUT2D eigenvalue weighted by Crippen LogP contribution is 2.46. The lowest BCUT2D eigenvalue weighted by Gasteiger charge is -2.39. The van der Waals surface area contributed by atoms with Crippen LogP contribution >= 0.6 is 0 Å². The Morgan fingerprint density at radius 3 is 2.38 bits per heavy atom. The normalized spacial score (nSPS) is 23.3. The van der Waals surface area contributed by atoms with E-state index in [1.165, 1.54) is 32.0 Å². The Balaban J connectivity index is 1.60. The first kappa shape index (κ1) is 32.2. The van der Waals surface area contributed by atoms with Gasteiger partial charge >= 0.3 is 5.97 Å². The van der Waals surface area contributed by atoms with Crippen LogP contribution in [-0.4, -0.2) is 86.5 Å². The summed E-state index contributed by atoms with van der Waals surface area (Å²) in [5, 5.41) is 53.4. The molecule has 2 aliphatic heterocycles. The Morgan fingerprint density at radius 1 is 0.936 bits per heavy atom. The summed E-state index contributed by atoms with van der Waals surface area (Å²) in [6.07, 6.45) is -3.87. The van der Waals surface area contributed by atoms with Crippen LogP contribution in [0.15, 0.2) is 59.1 Å². The molecule has 0 spiro atoms. The number of benzene rings is 3. The monoisotopic (exact) mass is 643 g/mol. The summed E-state index contributed by atoms with van der Waals surface area (Å²) in [6, 6.07) is 10.9. The van der Waals surface area contributed by atoms with Gasteiger partial charge in [-0.3, -0.25) is 19.4 Å². The number of ketones is 2. The predicted octanol–water partition coefficient (Wildman–Crippen LogP) is 1.94. The van der Waals surface area contributed by atoms with Gasteiger partial charge in [-0.15, -0.1) is 0 Å². The van der Waals surface area contributed by atoms with E-state index in [1.54, 1.807) is 30.5 Å². The lowest BCUT2D eigenvalue weighted by atomic mass is 9.77. The number of hydrogen-bond donors (Lipinski definition) is 5. The third kappa shape index (κ3) is 5.97. The fourth-order valence-corrected chi connectivity index (χ4v) is 6.16. The van der Waals surface area contributed by atoms with Crippen LogP contribution in [-0.2, 0) is 29.0 Å². The maximum atomic E-state index is 14.4. The highest BCUT2D eigenvalue weighted by atomic mass is 16.7. The summed E-state index contributed by atoms with van der Waals surface area (Å²) in [6.45, 7) is 2.84. The number of hydrogen-bond acceptors (Lipinski definition) is 12. The van der Waals surface area contributed by atoms with E-state index in [9.17, 15) is 39.9 Å². The van der Waals surface area contributed by atoms with E-state index in [1.807, 2.05) is 6.08 Å². The summed E-state index contributed by atoms with van der Waals surface area (Å²) in [4.78, 5) is 44.4. The highest BCUT2D eigenvalue weighted by Gasteiger charge is 2.45. The zero-order chi connectivity index (χ0) is 33.6. The van der Waals surface area contributed by atoms with E-state index in [0.29, 0.717) is 23.2 Å². The zero-order valence-corrected chi connectivity index (χ0v) is 25.5. The first-order valence-corrected chi connectivity index (χ1v) is 15.0. The van der Waals surface area contributed by atoms with Crippen molar-refractivity contribution in [2.24, 2.45) is 4.99 Å². The van der Waals surface area contributed by atoms with E-state index >= 15 is 0 Å². The van der Waals surface area contributed by atoms with Gasteiger partial charge in [-0.1, -0.05) is 30.3 Å². The van der Waals surface area contributed by atoms with Crippen molar-refractivity contribution >= 4 is 23.8 Å². The minimum absolute atomic E-state index is 0.000151. The van der Waals surface area contributed by atoms with Crippen LogP contribution in [0.1, 0.15) is 67.9 Å². The number of aliphatic hydroxyl groups is 4. The average molecular weight is 644 g/mol. The van der Waals surface area contributed by atoms with Gasteiger partial charge in [-0.05, 0) is 41.8 Å². The number of phenolic OH excluding ortho intramolecular Hbond substituents is 1. The van der Waals surface area contributed by atoms with Gasteiger partial charge in [0.15, 0.2) is 11.6 Å². The molecule has 0 amide bonds. The Labute approximate surface area is 269 Å². The number of aliphatic imine (C=N–C) groups is 1. The first-order chi connectivity index (χ1) is 22.5. The fourth-order valence-electron chi connectivity index (χ4n) is 6.16. The van der Waals surface area contributed by atoms with Gasteiger partial charge in [0.05, 0.1) is 24.8 Å². The molecule has 3 aromatic rings. The summed E-state index contributed by atoms with van der Waals surface area (Å²) < 4.78 is 17.2. The molecular formula is C35H33NO11. The van der Waals surface area contributed by atoms with E-state index < -0.39 is 54.0 Å². The zero-order valence-electron chi connectivity index (χ0n) is 25.5. The molecular weight excluding hydrogens is 610 g/mol. The van der Waals surface area contributed by atoms with E-state index in [2.05, 4.69) is 4.99 Å². The van der Waals surface area contributed by atoms with E-state index in [0.717, 1.165) is 0 Å². The lowest BCUT2D eigenvalue weighted by molar-refractivity contribution is -0.268. The molecule has 1 saturated heterocycles. The van der Waals surface area contributed by atoms with Gasteiger partial charge in [-0.25, -0.2) is 0 Å². The largest absolute Gasteiger partial charge is 0.507 e. The van der Waals surface area contributed by atoms with Gasteiger partial charge in [0.2, 0.25) is 6.29 Å². The number of rotatable bonds is 8. The second-order valence-electron chi connectivity index (χ2n) is 11.7. The third-order valence-corrected chi connectivity index (χ3v) is 8.51. The van der Waals surface area contributed by atoms with Gasteiger partial charge < -0.3 is 39.7 Å². The molecule has 0 aromatic heterocycles. The third-order valence-electron chi connectivity index (χ3n) is 8.51. The molecule has 5 N–H and O–H groups in total. The minimum Gasteiger partial charge on any atom is -0.507 e. The topological polar surface area (TPSA) is 192 Å². The molecule has 0 saturated carbocycles. The number of phenols is 1. The molecule has 0 unspecified atom stereocenters. The van der Waals surface area contributed by atoms with Crippen LogP contribution in [0.4, 0.5) is 0 Å². The summed E-state index contributed by atoms with van der Waals surface area (Å²) in [5.41, 5.74) is 1.74. The number of allylic oxidation sites excluding steroid dienone is 1. The molecule has 12 nitrogen and oxygen atoms in total. The van der Waals surface area contributed by atoms with Gasteiger partial charge in [0.25, 0.3) is 0 Å². The molecule has 3 aliphatic rings. The summed E-state index contributed by atoms with van der Waals surface area (Å²) in [5.74, 6) is -2.46. The Bertz CT molecular complexity index is 1850. The number of esters is 1. The number of ether oxygens (including phenoxy) is 3. The minimum atomic E-state index is -1.73. The van der Waals surface area contributed by atoms with Crippen molar-refractivity contribution in [3.05, 3.63) is 98.6 Å². The molecule has 244 valence electrons. The van der Waals surface area contributed by atoms with Crippen LogP contribution in [0.3, 0.4) is 0 Å². The second-order valence-corrected chi connectivity index (χ2v) is 11.7. The Morgan fingerprint density at radius 2 is 1.68 bits per heavy atom. The van der Waals surface area contributed by atoms with Crippen molar-refractivity contribution in [1.82, 2.24) is 0 Å². The van der Waals surface area contributed by atoms with Crippen molar-refractivity contribution in [1.29, 1.82) is 0 Å². The first-order valence-electron chi connectivity index (χ1n) is 15.0. The molecule has 0 radical (unpaired) electrons. The average Bonchev–Trinajstić information content (AvgIpc) is 3.57. The van der Waals surface area contributed by atoms with E-state index in [4.69, 9.17) is 14.2 Å². The quantitative estimate of drug-likeness (QED) is 0.139. The van der Waals surface area contributed by atoms with Crippen molar-refractivity contribution < 1.29 is 54.1 Å². The molecule has 47 heavy (non-hydrogen) atoms. The van der Waals surface area contributed by atoms with E-state index in [-0.39, 0.29) is 64.3 Å². The molecule has 6 rings (SSSR count). The van der Waals surface area contributed by atoms with Crippen LogP contribution in [0.2, 0.25) is 0 Å². The van der Waals surface area contributed by atoms with Gasteiger partial charge in [0, 0.05) is 53.8 Å². The predicted molar refractivity (Wildman–Crippen MR) is 166 cm³/mol. The lowest BCUT2D eigenvalue weighted by Crippen LogP contribution is -2.58. The van der Waals surface area contributed by atoms with Crippen molar-refractivity contribution in [3.8, 4) is 17.2 Å².